The number of fused-ring (bicyclic) bond motifs is 1. The van der Waals surface area contributed by atoms with Gasteiger partial charge in [0.15, 0.2) is 5.82 Å². The molecule has 1 aliphatic rings. The molecule has 0 bridgehead atoms. The van der Waals surface area contributed by atoms with Crippen molar-refractivity contribution in [1.82, 2.24) is 14.8 Å². The summed E-state index contributed by atoms with van der Waals surface area (Å²) in [6.07, 6.45) is 7.34. The second kappa shape index (κ2) is 8.00. The van der Waals surface area contributed by atoms with Crippen molar-refractivity contribution >= 4 is 44.0 Å². The van der Waals surface area contributed by atoms with E-state index in [1.54, 1.807) is 17.1 Å². The highest BCUT2D eigenvalue weighted by molar-refractivity contribution is 7.23. The van der Waals surface area contributed by atoms with Crippen LogP contribution in [0.4, 0.5) is 16.5 Å². The SMILES string of the molecule is CCc1cnc2c(C(=O)Nc3cnn(C)c3N3CCCC(N)CC3)c(N)sc2c1. The van der Waals surface area contributed by atoms with Crippen LogP contribution in [0.2, 0.25) is 0 Å². The topological polar surface area (TPSA) is 115 Å². The molecule has 154 valence electrons. The third-order valence-corrected chi connectivity index (χ3v) is 6.43. The smallest absolute Gasteiger partial charge is 0.261 e. The quantitative estimate of drug-likeness (QED) is 0.606. The summed E-state index contributed by atoms with van der Waals surface area (Å²) in [6, 6.07) is 2.28. The van der Waals surface area contributed by atoms with Gasteiger partial charge in [-0.3, -0.25) is 14.5 Å². The van der Waals surface area contributed by atoms with Crippen LogP contribution in [0.15, 0.2) is 18.5 Å². The van der Waals surface area contributed by atoms with Crippen LogP contribution in [0.25, 0.3) is 10.2 Å². The Labute approximate surface area is 173 Å². The molecule has 0 spiro atoms. The van der Waals surface area contributed by atoms with Gasteiger partial charge in [0.1, 0.15) is 16.3 Å². The molecule has 1 amide bonds. The maximum absolute atomic E-state index is 13.1. The van der Waals surface area contributed by atoms with Gasteiger partial charge >= 0.3 is 0 Å². The number of aryl methyl sites for hydroxylation is 2. The van der Waals surface area contributed by atoms with Crippen molar-refractivity contribution in [1.29, 1.82) is 0 Å². The number of nitrogens with two attached hydrogens (primary N) is 2. The Morgan fingerprint density at radius 1 is 1.34 bits per heavy atom. The number of hydrogen-bond acceptors (Lipinski definition) is 7. The van der Waals surface area contributed by atoms with E-state index >= 15 is 0 Å². The summed E-state index contributed by atoms with van der Waals surface area (Å²) in [5.74, 6) is 0.637. The number of anilines is 3. The van der Waals surface area contributed by atoms with Gasteiger partial charge in [-0.25, -0.2) is 0 Å². The number of pyridine rings is 1. The minimum Gasteiger partial charge on any atom is -0.390 e. The summed E-state index contributed by atoms with van der Waals surface area (Å²) in [6.45, 7) is 3.81. The Bertz CT molecular complexity index is 1040. The van der Waals surface area contributed by atoms with E-state index < -0.39 is 0 Å². The van der Waals surface area contributed by atoms with E-state index in [0.29, 0.717) is 21.8 Å². The van der Waals surface area contributed by atoms with Crippen LogP contribution in [0.5, 0.6) is 0 Å². The molecule has 1 saturated heterocycles. The third kappa shape index (κ3) is 3.79. The lowest BCUT2D eigenvalue weighted by Crippen LogP contribution is -2.29. The maximum Gasteiger partial charge on any atom is 0.261 e. The van der Waals surface area contributed by atoms with Crippen molar-refractivity contribution < 1.29 is 4.79 Å². The van der Waals surface area contributed by atoms with Gasteiger partial charge in [0.05, 0.1) is 16.4 Å². The maximum atomic E-state index is 13.1. The predicted octanol–water partition coefficient (Wildman–Crippen LogP) is 2.74. The summed E-state index contributed by atoms with van der Waals surface area (Å²) >= 11 is 1.40. The minimum absolute atomic E-state index is 0.224. The summed E-state index contributed by atoms with van der Waals surface area (Å²) in [5.41, 5.74) is 15.2. The van der Waals surface area contributed by atoms with Crippen LogP contribution in [0.3, 0.4) is 0 Å². The number of rotatable bonds is 4. The molecule has 0 saturated carbocycles. The molecule has 5 N–H and O–H groups in total. The van der Waals surface area contributed by atoms with Crippen molar-refractivity contribution in [2.75, 3.05) is 29.0 Å². The first-order valence-electron chi connectivity index (χ1n) is 9.98. The molecule has 1 atom stereocenters. The summed E-state index contributed by atoms with van der Waals surface area (Å²) in [4.78, 5) is 19.9. The van der Waals surface area contributed by atoms with E-state index in [0.717, 1.165) is 54.9 Å². The highest BCUT2D eigenvalue weighted by atomic mass is 32.1. The van der Waals surface area contributed by atoms with Crippen molar-refractivity contribution in [3.63, 3.8) is 0 Å². The Morgan fingerprint density at radius 3 is 2.97 bits per heavy atom. The van der Waals surface area contributed by atoms with Crippen LogP contribution < -0.4 is 21.7 Å². The van der Waals surface area contributed by atoms with Crippen molar-refractivity contribution in [2.24, 2.45) is 12.8 Å². The zero-order chi connectivity index (χ0) is 20.5. The first-order valence-corrected chi connectivity index (χ1v) is 10.8. The molecule has 1 unspecified atom stereocenters. The highest BCUT2D eigenvalue weighted by Crippen LogP contribution is 2.34. The van der Waals surface area contributed by atoms with Crippen LogP contribution in [0.1, 0.15) is 42.1 Å². The van der Waals surface area contributed by atoms with E-state index in [1.807, 2.05) is 7.05 Å². The number of aromatic nitrogens is 3. The zero-order valence-corrected chi connectivity index (χ0v) is 17.6. The van der Waals surface area contributed by atoms with Crippen LogP contribution >= 0.6 is 11.3 Å². The molecule has 3 aromatic heterocycles. The molecule has 1 fully saturated rings. The number of nitrogen functional groups attached to an aromatic ring is 1. The van der Waals surface area contributed by atoms with Gasteiger partial charge in [0.2, 0.25) is 0 Å². The Kier molecular flexibility index (Phi) is 5.42. The second-order valence-electron chi connectivity index (χ2n) is 7.52. The first-order chi connectivity index (χ1) is 14.0. The molecule has 0 aromatic carbocycles. The van der Waals surface area contributed by atoms with E-state index in [1.165, 1.54) is 11.3 Å². The van der Waals surface area contributed by atoms with Crippen LogP contribution in [-0.2, 0) is 13.5 Å². The Hall–Kier alpha value is -2.65. The lowest BCUT2D eigenvalue weighted by molar-refractivity contribution is 0.102. The number of thiophene rings is 1. The van der Waals surface area contributed by atoms with Crippen LogP contribution in [-0.4, -0.2) is 39.8 Å². The van der Waals surface area contributed by atoms with Crippen LogP contribution in [0, 0.1) is 0 Å². The molecule has 4 rings (SSSR count). The molecule has 3 aromatic rings. The van der Waals surface area contributed by atoms with Gasteiger partial charge in [-0.15, -0.1) is 11.3 Å². The number of carbonyl (C=O) groups excluding carboxylic acids is 1. The second-order valence-corrected chi connectivity index (χ2v) is 8.61. The largest absolute Gasteiger partial charge is 0.390 e. The molecular weight excluding hydrogens is 386 g/mol. The Morgan fingerprint density at radius 2 is 2.17 bits per heavy atom. The molecule has 8 nitrogen and oxygen atoms in total. The van der Waals surface area contributed by atoms with Crippen molar-refractivity contribution in [3.8, 4) is 0 Å². The van der Waals surface area contributed by atoms with Gasteiger partial charge in [-0.05, 0) is 37.3 Å². The van der Waals surface area contributed by atoms with E-state index in [-0.39, 0.29) is 11.9 Å². The van der Waals surface area contributed by atoms with Gasteiger partial charge in [0.25, 0.3) is 5.91 Å². The molecule has 1 aliphatic heterocycles. The highest BCUT2D eigenvalue weighted by Gasteiger charge is 2.24. The third-order valence-electron chi connectivity index (χ3n) is 5.48. The summed E-state index contributed by atoms with van der Waals surface area (Å²) in [7, 11) is 1.89. The van der Waals surface area contributed by atoms with Gasteiger partial charge in [0, 0.05) is 32.4 Å². The average Bonchev–Trinajstić information content (AvgIpc) is 3.13. The number of nitrogens with one attached hydrogen (secondary N) is 1. The number of nitrogens with zero attached hydrogens (tertiary/aromatic N) is 4. The molecule has 4 heterocycles. The van der Waals surface area contributed by atoms with Gasteiger partial charge < -0.3 is 21.7 Å². The predicted molar refractivity (Wildman–Crippen MR) is 119 cm³/mol. The fraction of sp³-hybridized carbons (Fsp3) is 0.450. The average molecular weight is 414 g/mol. The zero-order valence-electron chi connectivity index (χ0n) is 16.8. The standard InChI is InChI=1S/C20H27N7OS/c1-3-12-9-15-17(23-10-12)16(18(22)29-15)19(28)25-14-11-24-26(2)20(14)27-7-4-5-13(21)6-8-27/h9-11,13H,3-8,21-22H2,1-2H3,(H,25,28). The van der Waals surface area contributed by atoms with Crippen molar-refractivity contribution in [3.05, 3.63) is 29.6 Å². The fourth-order valence-electron chi connectivity index (χ4n) is 3.86. The summed E-state index contributed by atoms with van der Waals surface area (Å²) in [5, 5.41) is 7.86. The molecule has 0 radical (unpaired) electrons. The molecule has 29 heavy (non-hydrogen) atoms. The Balaban J connectivity index is 1.63. The van der Waals surface area contributed by atoms with Crippen molar-refractivity contribution in [2.45, 2.75) is 38.6 Å². The minimum atomic E-state index is -0.258. The number of amides is 1. The number of carbonyl (C=O) groups is 1. The first kappa shape index (κ1) is 19.7. The van der Waals surface area contributed by atoms with E-state index in [4.69, 9.17) is 11.5 Å². The lowest BCUT2D eigenvalue weighted by Gasteiger charge is -2.24. The van der Waals surface area contributed by atoms with E-state index in [2.05, 4.69) is 33.3 Å². The molecule has 9 heteroatoms. The molecular formula is C20H27N7OS. The van der Waals surface area contributed by atoms with Gasteiger partial charge in [-0.1, -0.05) is 6.92 Å². The molecule has 0 aliphatic carbocycles. The van der Waals surface area contributed by atoms with Gasteiger partial charge in [-0.2, -0.15) is 5.10 Å². The number of hydrogen-bond donors (Lipinski definition) is 3. The summed E-state index contributed by atoms with van der Waals surface area (Å²) < 4.78 is 2.73. The fourth-order valence-corrected chi connectivity index (χ4v) is 4.85. The normalized spacial score (nSPS) is 17.5. The lowest BCUT2D eigenvalue weighted by atomic mass is 10.1. The van der Waals surface area contributed by atoms with E-state index in [9.17, 15) is 4.79 Å². The monoisotopic (exact) mass is 413 g/mol.